The van der Waals surface area contributed by atoms with Crippen molar-refractivity contribution < 1.29 is 13.9 Å². The zero-order chi connectivity index (χ0) is 37.8. The van der Waals surface area contributed by atoms with E-state index in [4.69, 9.17) is 9.72 Å². The van der Waals surface area contributed by atoms with E-state index < -0.39 is 0 Å². The van der Waals surface area contributed by atoms with Gasteiger partial charge in [0.1, 0.15) is 11.6 Å². The summed E-state index contributed by atoms with van der Waals surface area (Å²) in [4.78, 5) is 45.6. The largest absolute Gasteiger partial charge is 0.494 e. The van der Waals surface area contributed by atoms with Crippen LogP contribution in [0.2, 0.25) is 0 Å². The van der Waals surface area contributed by atoms with Gasteiger partial charge in [-0.3, -0.25) is 19.1 Å². The third kappa shape index (κ3) is 7.19. The molecule has 6 aliphatic rings. The number of amides is 1. The molecule has 1 N–H and O–H groups in total. The van der Waals surface area contributed by atoms with Crippen molar-refractivity contribution in [2.45, 2.75) is 58.4 Å². The molecule has 290 valence electrons. The summed E-state index contributed by atoms with van der Waals surface area (Å²) in [5.41, 5.74) is 4.04. The van der Waals surface area contributed by atoms with Crippen molar-refractivity contribution in [1.82, 2.24) is 29.2 Å². The Balaban J connectivity index is 0.901. The van der Waals surface area contributed by atoms with Gasteiger partial charge < -0.3 is 24.8 Å². The number of hydrogen-bond acceptors (Lipinski definition) is 9. The monoisotopic (exact) mass is 748 g/mol. The Bertz CT molecular complexity index is 2120. The maximum Gasteiger partial charge on any atom is 0.257 e. The van der Waals surface area contributed by atoms with Crippen molar-refractivity contribution in [2.75, 3.05) is 76.7 Å². The number of aryl methyl sites for hydroxylation is 1. The number of fused-ring (bicyclic) bond motifs is 1. The highest BCUT2D eigenvalue weighted by Gasteiger charge is 2.51. The molecule has 0 radical (unpaired) electrons. The highest BCUT2D eigenvalue weighted by Crippen LogP contribution is 2.61. The van der Waals surface area contributed by atoms with Crippen molar-refractivity contribution in [2.24, 2.45) is 23.2 Å². The third-order valence-electron chi connectivity index (χ3n) is 13.4. The lowest BCUT2D eigenvalue weighted by atomic mass is 9.49. The van der Waals surface area contributed by atoms with E-state index in [1.807, 2.05) is 19.1 Å². The van der Waals surface area contributed by atoms with Gasteiger partial charge in [-0.2, -0.15) is 4.98 Å². The lowest BCUT2D eigenvalue weighted by Gasteiger charge is -2.57. The molecule has 4 aromatic rings. The van der Waals surface area contributed by atoms with Crippen LogP contribution in [0.15, 0.2) is 53.5 Å². The van der Waals surface area contributed by atoms with Gasteiger partial charge in [-0.15, -0.1) is 0 Å². The molecule has 1 amide bonds. The van der Waals surface area contributed by atoms with Gasteiger partial charge in [-0.25, -0.2) is 9.37 Å². The average Bonchev–Trinajstić information content (AvgIpc) is 3.16. The Labute approximate surface area is 322 Å². The second-order valence-electron chi connectivity index (χ2n) is 17.3. The summed E-state index contributed by atoms with van der Waals surface area (Å²) in [6.07, 6.45) is 10.4. The fourth-order valence-corrected chi connectivity index (χ4v) is 10.9. The number of nitrogens with zero attached hydrogens (tertiary/aromatic N) is 7. The minimum Gasteiger partial charge on any atom is -0.494 e. The topological polar surface area (TPSA) is 99.1 Å². The van der Waals surface area contributed by atoms with Crippen LogP contribution in [0.3, 0.4) is 0 Å². The molecule has 4 heterocycles. The summed E-state index contributed by atoms with van der Waals surface area (Å²) in [5, 5.41) is 4.05. The number of likely N-dealkylation sites (N-methyl/N-ethyl adjacent to an activating group) is 1. The molecule has 0 unspecified atom stereocenters. The molecule has 4 saturated carbocycles. The molecular weight excluding hydrogens is 696 g/mol. The molecule has 6 fully saturated rings. The maximum atomic E-state index is 15.1. The molecule has 0 atom stereocenters. The minimum absolute atomic E-state index is 0.247. The van der Waals surface area contributed by atoms with Crippen LogP contribution in [-0.2, 0) is 11.3 Å². The van der Waals surface area contributed by atoms with Gasteiger partial charge in [0.05, 0.1) is 18.5 Å². The average molecular weight is 749 g/mol. The highest BCUT2D eigenvalue weighted by atomic mass is 19.1. The summed E-state index contributed by atoms with van der Waals surface area (Å²) in [6, 6.07) is 12.4. The van der Waals surface area contributed by atoms with Crippen molar-refractivity contribution in [3.8, 4) is 11.4 Å². The number of hydrogen-bond donors (Lipinski definition) is 1. The summed E-state index contributed by atoms with van der Waals surface area (Å²) in [5.74, 6) is 3.57. The van der Waals surface area contributed by atoms with Gasteiger partial charge in [-0.05, 0) is 112 Å². The Kier molecular flexibility index (Phi) is 9.52. The van der Waals surface area contributed by atoms with Gasteiger partial charge in [-0.1, -0.05) is 0 Å². The molecule has 2 saturated heterocycles. The molecule has 4 aliphatic carbocycles. The molecule has 2 aliphatic heterocycles. The predicted molar refractivity (Wildman–Crippen MR) is 213 cm³/mol. The molecule has 2 aromatic carbocycles. The zero-order valence-corrected chi connectivity index (χ0v) is 32.4. The second kappa shape index (κ2) is 14.5. The van der Waals surface area contributed by atoms with Gasteiger partial charge in [0.25, 0.3) is 5.56 Å². The first kappa shape index (κ1) is 36.1. The molecule has 0 spiro atoms. The quantitative estimate of drug-likeness (QED) is 0.222. The minimum atomic E-state index is -0.289. The SMILES string of the molecule is COc1cc(N2CCN(C(=O)CC34CC5CC(CC(C5)C3)C4)CC2)ccc1Nc1ncc2c(C)cc(=O)n(-c3ccc(F)c(CN4CCN(C)CC4)c3)c2n1. The number of carbonyl (C=O) groups is 1. The molecule has 10 rings (SSSR count). The van der Waals surface area contributed by atoms with Gasteiger partial charge in [0.2, 0.25) is 11.9 Å². The first-order valence-corrected chi connectivity index (χ1v) is 20.2. The molecule has 12 heteroatoms. The second-order valence-corrected chi connectivity index (χ2v) is 17.3. The van der Waals surface area contributed by atoms with Crippen LogP contribution < -0.4 is 20.5 Å². The number of rotatable bonds is 9. The van der Waals surface area contributed by atoms with Crippen LogP contribution in [-0.4, -0.2) is 102 Å². The van der Waals surface area contributed by atoms with E-state index in [0.717, 1.165) is 93.2 Å². The van der Waals surface area contributed by atoms with E-state index in [9.17, 15) is 9.59 Å². The predicted octanol–water partition coefficient (Wildman–Crippen LogP) is 5.98. The van der Waals surface area contributed by atoms with Crippen LogP contribution in [0.4, 0.5) is 21.7 Å². The number of ether oxygens (including phenoxy) is 1. The summed E-state index contributed by atoms with van der Waals surface area (Å²) >= 11 is 0. The van der Waals surface area contributed by atoms with E-state index >= 15 is 4.39 Å². The lowest BCUT2D eigenvalue weighted by Crippen LogP contribution is -2.52. The normalized spacial score (nSPS) is 25.5. The number of aromatic nitrogens is 3. The van der Waals surface area contributed by atoms with E-state index in [1.165, 1.54) is 49.2 Å². The maximum absolute atomic E-state index is 15.1. The summed E-state index contributed by atoms with van der Waals surface area (Å²) < 4.78 is 22.5. The molecular formula is C43H53FN8O3. The summed E-state index contributed by atoms with van der Waals surface area (Å²) in [7, 11) is 3.74. The number of halogens is 1. The molecule has 11 nitrogen and oxygen atoms in total. The number of nitrogens with one attached hydrogen (secondary N) is 1. The Morgan fingerprint density at radius 1 is 0.909 bits per heavy atom. The Morgan fingerprint density at radius 2 is 1.60 bits per heavy atom. The molecule has 55 heavy (non-hydrogen) atoms. The van der Waals surface area contributed by atoms with Crippen LogP contribution in [0.5, 0.6) is 5.75 Å². The van der Waals surface area contributed by atoms with Gasteiger partial charge in [0.15, 0.2) is 5.65 Å². The first-order valence-electron chi connectivity index (χ1n) is 20.2. The van der Waals surface area contributed by atoms with Gasteiger partial charge in [0, 0.05) is 100 Å². The standard InChI is InChI=1S/C43H53FN8O3/c1-28-16-39(53)52(34-4-6-36(44)32(20-34)27-49-10-8-48(2)9-11-49)41-35(28)26-45-42(47-41)46-37-7-5-33(21-38(37)55-3)50-12-14-51(15-13-50)40(54)25-43-22-29-17-30(23-43)19-31(18-29)24-43/h4-7,16,20-21,26,29-31H,8-15,17-19,22-25,27H2,1-3H3,(H,45,46,47). The fourth-order valence-electron chi connectivity index (χ4n) is 10.9. The van der Waals surface area contributed by atoms with Crippen LogP contribution >= 0.6 is 0 Å². The van der Waals surface area contributed by atoms with Crippen molar-refractivity contribution in [3.05, 3.63) is 76.0 Å². The first-order chi connectivity index (χ1) is 26.6. The van der Waals surface area contributed by atoms with E-state index in [-0.39, 0.29) is 16.8 Å². The van der Waals surface area contributed by atoms with E-state index in [2.05, 4.69) is 43.0 Å². The number of piperazine rings is 2. The van der Waals surface area contributed by atoms with Gasteiger partial charge >= 0.3 is 0 Å². The summed E-state index contributed by atoms with van der Waals surface area (Å²) in [6.45, 7) is 8.93. The molecule has 4 bridgehead atoms. The van der Waals surface area contributed by atoms with Crippen molar-refractivity contribution in [3.63, 3.8) is 0 Å². The fraction of sp³-hybridized carbons (Fsp3) is 0.535. The van der Waals surface area contributed by atoms with E-state index in [1.54, 1.807) is 31.5 Å². The van der Waals surface area contributed by atoms with Crippen molar-refractivity contribution in [1.29, 1.82) is 0 Å². The number of carbonyl (C=O) groups excluding carboxylic acids is 1. The molecule has 2 aromatic heterocycles. The number of anilines is 3. The lowest BCUT2D eigenvalue weighted by molar-refractivity contribution is -0.139. The smallest absolute Gasteiger partial charge is 0.257 e. The Hall–Kier alpha value is -4.55. The highest BCUT2D eigenvalue weighted by molar-refractivity contribution is 5.81. The number of pyridine rings is 1. The third-order valence-corrected chi connectivity index (χ3v) is 13.4. The zero-order valence-electron chi connectivity index (χ0n) is 32.4. The number of methoxy groups -OCH3 is 1. The van der Waals surface area contributed by atoms with Crippen LogP contribution in [0.25, 0.3) is 16.7 Å². The van der Waals surface area contributed by atoms with Crippen LogP contribution in [0.1, 0.15) is 56.1 Å². The number of benzene rings is 2. The van der Waals surface area contributed by atoms with Crippen LogP contribution in [0, 0.1) is 35.9 Å². The van der Waals surface area contributed by atoms with Crippen molar-refractivity contribution >= 4 is 34.3 Å². The van der Waals surface area contributed by atoms with E-state index in [0.29, 0.717) is 46.7 Å². The Morgan fingerprint density at radius 3 is 2.29 bits per heavy atom.